The largest absolute Gasteiger partial charge is 0.332 e. The SMILES string of the molecule is CCn1cc(C(=O)Nc2ccc(Cl)cc2C)c(=O)c2ccc(C)nc21. The first kappa shape index (κ1) is 17.2. The normalized spacial score (nSPS) is 10.9. The highest BCUT2D eigenvalue weighted by Crippen LogP contribution is 2.20. The molecule has 0 atom stereocenters. The maximum atomic E-state index is 12.7. The number of carbonyl (C=O) groups is 1. The number of carbonyl (C=O) groups excluding carboxylic acids is 1. The lowest BCUT2D eigenvalue weighted by Crippen LogP contribution is -2.24. The Hall–Kier alpha value is -2.66. The molecule has 2 aromatic heterocycles. The second-order valence-electron chi connectivity index (χ2n) is 5.90. The van der Waals surface area contributed by atoms with Gasteiger partial charge < -0.3 is 9.88 Å². The molecule has 6 heteroatoms. The van der Waals surface area contributed by atoms with Gasteiger partial charge in [0.25, 0.3) is 5.91 Å². The number of nitrogens with one attached hydrogen (secondary N) is 1. The van der Waals surface area contributed by atoms with Crippen molar-refractivity contribution in [3.63, 3.8) is 0 Å². The zero-order valence-electron chi connectivity index (χ0n) is 14.3. The standard InChI is InChI=1S/C19H18ClN3O2/c1-4-23-10-15(17(24)14-7-5-12(3)21-18(14)23)19(25)22-16-8-6-13(20)9-11(16)2/h5-10H,4H2,1-3H3,(H,22,25). The molecule has 0 aliphatic rings. The second kappa shape index (κ2) is 6.69. The third-order valence-electron chi connectivity index (χ3n) is 4.08. The van der Waals surface area contributed by atoms with Crippen LogP contribution >= 0.6 is 11.6 Å². The molecule has 2 heterocycles. The smallest absolute Gasteiger partial charge is 0.261 e. The van der Waals surface area contributed by atoms with Crippen LogP contribution < -0.4 is 10.7 Å². The number of aryl methyl sites for hydroxylation is 3. The molecule has 0 aliphatic heterocycles. The lowest BCUT2D eigenvalue weighted by atomic mass is 10.1. The molecule has 1 aromatic carbocycles. The van der Waals surface area contributed by atoms with Crippen molar-refractivity contribution in [2.75, 3.05) is 5.32 Å². The van der Waals surface area contributed by atoms with Crippen LogP contribution in [0.5, 0.6) is 0 Å². The van der Waals surface area contributed by atoms with E-state index in [1.807, 2.05) is 25.3 Å². The van der Waals surface area contributed by atoms with Gasteiger partial charge in [0.1, 0.15) is 11.2 Å². The number of benzene rings is 1. The van der Waals surface area contributed by atoms with E-state index in [1.54, 1.807) is 36.5 Å². The molecule has 0 unspecified atom stereocenters. The van der Waals surface area contributed by atoms with Gasteiger partial charge in [-0.15, -0.1) is 0 Å². The van der Waals surface area contributed by atoms with Gasteiger partial charge in [0.2, 0.25) is 5.43 Å². The summed E-state index contributed by atoms with van der Waals surface area (Å²) in [6.07, 6.45) is 1.57. The molecule has 0 aliphatic carbocycles. The van der Waals surface area contributed by atoms with Crippen molar-refractivity contribution in [2.45, 2.75) is 27.3 Å². The molecule has 5 nitrogen and oxygen atoms in total. The number of hydrogen-bond donors (Lipinski definition) is 1. The Balaban J connectivity index is 2.08. The summed E-state index contributed by atoms with van der Waals surface area (Å²) in [5, 5.41) is 3.82. The van der Waals surface area contributed by atoms with Crippen molar-refractivity contribution in [3.8, 4) is 0 Å². The summed E-state index contributed by atoms with van der Waals surface area (Å²) < 4.78 is 1.81. The van der Waals surface area contributed by atoms with Crippen LogP contribution in [0.25, 0.3) is 11.0 Å². The van der Waals surface area contributed by atoms with Crippen LogP contribution in [0.4, 0.5) is 5.69 Å². The van der Waals surface area contributed by atoms with Crippen molar-refractivity contribution in [1.29, 1.82) is 0 Å². The maximum Gasteiger partial charge on any atom is 0.261 e. The first-order chi connectivity index (χ1) is 11.9. The minimum Gasteiger partial charge on any atom is -0.332 e. The molecule has 0 spiro atoms. The van der Waals surface area contributed by atoms with Crippen molar-refractivity contribution >= 4 is 34.2 Å². The van der Waals surface area contributed by atoms with E-state index in [0.29, 0.717) is 28.3 Å². The van der Waals surface area contributed by atoms with Crippen LogP contribution in [-0.2, 0) is 6.54 Å². The zero-order valence-corrected chi connectivity index (χ0v) is 15.0. The minimum absolute atomic E-state index is 0.0920. The molecule has 1 amide bonds. The van der Waals surface area contributed by atoms with Gasteiger partial charge in [-0.1, -0.05) is 11.6 Å². The van der Waals surface area contributed by atoms with E-state index in [0.717, 1.165) is 11.3 Å². The molecule has 1 N–H and O–H groups in total. The molecule has 3 rings (SSSR count). The van der Waals surface area contributed by atoms with E-state index in [1.165, 1.54) is 0 Å². The number of nitrogens with zero attached hydrogens (tertiary/aromatic N) is 2. The summed E-state index contributed by atoms with van der Waals surface area (Å²) in [6, 6.07) is 8.67. The van der Waals surface area contributed by atoms with E-state index in [-0.39, 0.29) is 11.0 Å². The van der Waals surface area contributed by atoms with E-state index in [9.17, 15) is 9.59 Å². The number of hydrogen-bond acceptors (Lipinski definition) is 3. The van der Waals surface area contributed by atoms with Gasteiger partial charge in [0.15, 0.2) is 0 Å². The third-order valence-corrected chi connectivity index (χ3v) is 4.32. The summed E-state index contributed by atoms with van der Waals surface area (Å²) in [5.74, 6) is -0.444. The summed E-state index contributed by atoms with van der Waals surface area (Å²) in [7, 11) is 0. The summed E-state index contributed by atoms with van der Waals surface area (Å²) in [4.78, 5) is 29.8. The average Bonchev–Trinajstić information content (AvgIpc) is 2.57. The predicted molar refractivity (Wildman–Crippen MR) is 101 cm³/mol. The quantitative estimate of drug-likeness (QED) is 0.774. The number of anilines is 1. The van der Waals surface area contributed by atoms with E-state index < -0.39 is 5.91 Å². The van der Waals surface area contributed by atoms with Crippen LogP contribution in [0.3, 0.4) is 0 Å². The molecule has 0 saturated heterocycles. The van der Waals surface area contributed by atoms with Crippen LogP contribution in [0.2, 0.25) is 5.02 Å². The highest BCUT2D eigenvalue weighted by Gasteiger charge is 2.16. The molecular formula is C19H18ClN3O2. The van der Waals surface area contributed by atoms with Crippen LogP contribution in [0, 0.1) is 13.8 Å². The number of rotatable bonds is 3. The third kappa shape index (κ3) is 3.28. The van der Waals surface area contributed by atoms with Gasteiger partial charge in [0, 0.05) is 29.1 Å². The molecule has 3 aromatic rings. The number of pyridine rings is 2. The Bertz CT molecular complexity index is 1040. The molecule has 0 radical (unpaired) electrons. The number of halogens is 1. The fraction of sp³-hybridized carbons (Fsp3) is 0.211. The molecule has 0 bridgehead atoms. The summed E-state index contributed by atoms with van der Waals surface area (Å²) in [5.41, 5.74) is 2.63. The Kier molecular flexibility index (Phi) is 4.59. The number of aromatic nitrogens is 2. The molecule has 0 fully saturated rings. The monoisotopic (exact) mass is 355 g/mol. The lowest BCUT2D eigenvalue weighted by Gasteiger charge is -2.12. The van der Waals surface area contributed by atoms with Gasteiger partial charge in [0.05, 0.1) is 5.39 Å². The van der Waals surface area contributed by atoms with Crippen LogP contribution in [-0.4, -0.2) is 15.5 Å². The Labute approximate surface area is 150 Å². The lowest BCUT2D eigenvalue weighted by molar-refractivity contribution is 0.102. The predicted octanol–water partition coefficient (Wildman–Crippen LogP) is 3.94. The Morgan fingerprint density at radius 2 is 2.00 bits per heavy atom. The molecular weight excluding hydrogens is 338 g/mol. The first-order valence-corrected chi connectivity index (χ1v) is 8.36. The number of fused-ring (bicyclic) bond motifs is 1. The zero-order chi connectivity index (χ0) is 18.1. The average molecular weight is 356 g/mol. The van der Waals surface area contributed by atoms with Gasteiger partial charge in [-0.25, -0.2) is 4.98 Å². The minimum atomic E-state index is -0.444. The van der Waals surface area contributed by atoms with Gasteiger partial charge in [-0.2, -0.15) is 0 Å². The maximum absolute atomic E-state index is 12.7. The van der Waals surface area contributed by atoms with Crippen molar-refractivity contribution in [3.05, 3.63) is 68.6 Å². The highest BCUT2D eigenvalue weighted by molar-refractivity contribution is 6.30. The second-order valence-corrected chi connectivity index (χ2v) is 6.33. The summed E-state index contributed by atoms with van der Waals surface area (Å²) in [6.45, 7) is 6.26. The van der Waals surface area contributed by atoms with E-state index in [4.69, 9.17) is 11.6 Å². The topological polar surface area (TPSA) is 64.0 Å². The highest BCUT2D eigenvalue weighted by atomic mass is 35.5. The van der Waals surface area contributed by atoms with Gasteiger partial charge in [-0.05, 0) is 56.7 Å². The first-order valence-electron chi connectivity index (χ1n) is 7.99. The molecule has 25 heavy (non-hydrogen) atoms. The van der Waals surface area contributed by atoms with Crippen molar-refractivity contribution < 1.29 is 4.79 Å². The van der Waals surface area contributed by atoms with Gasteiger partial charge in [-0.3, -0.25) is 9.59 Å². The van der Waals surface area contributed by atoms with Crippen molar-refractivity contribution in [2.24, 2.45) is 0 Å². The summed E-state index contributed by atoms with van der Waals surface area (Å²) >= 11 is 5.94. The van der Waals surface area contributed by atoms with Crippen LogP contribution in [0.15, 0.2) is 41.3 Å². The molecule has 0 saturated carbocycles. The van der Waals surface area contributed by atoms with Gasteiger partial charge >= 0.3 is 0 Å². The Morgan fingerprint density at radius 3 is 2.68 bits per heavy atom. The van der Waals surface area contributed by atoms with E-state index >= 15 is 0 Å². The number of amides is 1. The van der Waals surface area contributed by atoms with Crippen molar-refractivity contribution in [1.82, 2.24) is 9.55 Å². The van der Waals surface area contributed by atoms with E-state index in [2.05, 4.69) is 10.3 Å². The fourth-order valence-corrected chi connectivity index (χ4v) is 2.95. The molecule has 128 valence electrons. The van der Waals surface area contributed by atoms with Crippen LogP contribution in [0.1, 0.15) is 28.5 Å². The Morgan fingerprint density at radius 1 is 1.24 bits per heavy atom. The fourth-order valence-electron chi connectivity index (χ4n) is 2.72.